The zero-order chi connectivity index (χ0) is 11.7. The normalized spacial score (nSPS) is 12.9. The van der Waals surface area contributed by atoms with Gasteiger partial charge in [0, 0.05) is 18.9 Å². The van der Waals surface area contributed by atoms with E-state index in [4.69, 9.17) is 5.11 Å². The van der Waals surface area contributed by atoms with Gasteiger partial charge in [-0.3, -0.25) is 4.79 Å². The summed E-state index contributed by atoms with van der Waals surface area (Å²) in [7, 11) is 0. The molecule has 0 fully saturated rings. The Labute approximate surface area is 102 Å². The zero-order valence-corrected chi connectivity index (χ0v) is 11.1. The molecule has 0 aromatic rings. The highest BCUT2D eigenvalue weighted by Crippen LogP contribution is 2.08. The second-order valence-corrected chi connectivity index (χ2v) is 5.45. The number of hydrogen-bond acceptors (Lipinski definition) is 4. The van der Waals surface area contributed by atoms with Gasteiger partial charge in [-0.2, -0.15) is 24.4 Å². The Balaban J connectivity index is 3.39. The molecule has 0 rings (SSSR count). The van der Waals surface area contributed by atoms with Crippen LogP contribution in [0.1, 0.15) is 20.3 Å². The van der Waals surface area contributed by atoms with Crippen LogP contribution in [0.25, 0.3) is 0 Å². The average Bonchev–Trinajstić information content (AvgIpc) is 2.21. The van der Waals surface area contributed by atoms with Crippen molar-refractivity contribution in [1.29, 1.82) is 0 Å². The maximum absolute atomic E-state index is 11.4. The molecular formula is C10H21NO2S2. The van der Waals surface area contributed by atoms with Crippen LogP contribution in [0.2, 0.25) is 0 Å². The molecule has 0 bridgehead atoms. The number of amides is 1. The van der Waals surface area contributed by atoms with Gasteiger partial charge in [-0.25, -0.2) is 0 Å². The minimum absolute atomic E-state index is 0.0103. The number of aliphatic hydroxyl groups excluding tert-OH is 1. The van der Waals surface area contributed by atoms with Crippen LogP contribution in [-0.2, 0) is 4.79 Å². The maximum Gasteiger partial charge on any atom is 0.233 e. The van der Waals surface area contributed by atoms with E-state index in [2.05, 4.69) is 17.9 Å². The molecule has 1 amide bonds. The van der Waals surface area contributed by atoms with Crippen molar-refractivity contribution in [2.24, 2.45) is 5.92 Å². The summed E-state index contributed by atoms with van der Waals surface area (Å²) in [6.45, 7) is 4.88. The fourth-order valence-electron chi connectivity index (χ4n) is 0.922. The van der Waals surface area contributed by atoms with Gasteiger partial charge in [0.15, 0.2) is 0 Å². The van der Waals surface area contributed by atoms with E-state index in [1.165, 1.54) is 0 Å². The van der Waals surface area contributed by atoms with E-state index in [1.807, 2.05) is 13.8 Å². The Bertz CT molecular complexity index is 177. The van der Waals surface area contributed by atoms with Crippen LogP contribution in [0.5, 0.6) is 0 Å². The number of rotatable bonds is 8. The maximum atomic E-state index is 11.4. The summed E-state index contributed by atoms with van der Waals surface area (Å²) in [6.07, 6.45) is 0.819. The number of aliphatic hydroxyl groups is 1. The monoisotopic (exact) mass is 251 g/mol. The number of thioether (sulfide) groups is 1. The smallest absolute Gasteiger partial charge is 0.233 e. The first-order valence-corrected chi connectivity index (χ1v) is 6.91. The highest BCUT2D eigenvalue weighted by molar-refractivity contribution is 7.99. The van der Waals surface area contributed by atoms with Gasteiger partial charge in [-0.05, 0) is 18.1 Å². The lowest BCUT2D eigenvalue weighted by molar-refractivity contribution is -0.121. The second kappa shape index (κ2) is 9.36. The Morgan fingerprint density at radius 3 is 2.67 bits per heavy atom. The molecule has 15 heavy (non-hydrogen) atoms. The summed E-state index contributed by atoms with van der Waals surface area (Å²) >= 11 is 5.97. The van der Waals surface area contributed by atoms with Crippen LogP contribution in [0.15, 0.2) is 0 Å². The van der Waals surface area contributed by atoms with Crippen molar-refractivity contribution in [1.82, 2.24) is 5.32 Å². The van der Waals surface area contributed by atoms with Crippen LogP contribution in [-0.4, -0.2) is 40.9 Å². The summed E-state index contributed by atoms with van der Waals surface area (Å²) in [5.74, 6) is 2.11. The van der Waals surface area contributed by atoms with E-state index in [9.17, 15) is 4.79 Å². The molecular weight excluding hydrogens is 230 g/mol. The molecule has 0 radical (unpaired) electrons. The van der Waals surface area contributed by atoms with Crippen molar-refractivity contribution in [2.75, 3.05) is 24.7 Å². The first kappa shape index (κ1) is 15.1. The lowest BCUT2D eigenvalue weighted by atomic mass is 10.1. The molecule has 1 unspecified atom stereocenters. The molecule has 1 atom stereocenters. The second-order valence-electron chi connectivity index (χ2n) is 3.67. The first-order valence-electron chi connectivity index (χ1n) is 5.24. The lowest BCUT2D eigenvalue weighted by Gasteiger charge is -2.14. The predicted molar refractivity (Wildman–Crippen MR) is 69.6 cm³/mol. The number of carbonyl (C=O) groups excluding carboxylic acids is 1. The molecule has 0 saturated carbocycles. The molecule has 0 heterocycles. The van der Waals surface area contributed by atoms with Crippen LogP contribution in [0.3, 0.4) is 0 Å². The Hall–Kier alpha value is 0.130. The summed E-state index contributed by atoms with van der Waals surface area (Å²) in [4.78, 5) is 11.4. The minimum atomic E-state index is -0.215. The van der Waals surface area contributed by atoms with Crippen molar-refractivity contribution in [2.45, 2.75) is 25.5 Å². The number of hydrogen-bond donors (Lipinski definition) is 3. The molecule has 0 aromatic carbocycles. The minimum Gasteiger partial charge on any atom is -0.396 e. The first-order chi connectivity index (χ1) is 7.09. The summed E-state index contributed by atoms with van der Waals surface area (Å²) < 4.78 is 0. The van der Waals surface area contributed by atoms with Gasteiger partial charge >= 0.3 is 0 Å². The van der Waals surface area contributed by atoms with Gasteiger partial charge in [0.1, 0.15) is 0 Å². The van der Waals surface area contributed by atoms with Crippen LogP contribution < -0.4 is 5.32 Å². The highest BCUT2D eigenvalue weighted by Gasteiger charge is 2.16. The van der Waals surface area contributed by atoms with Crippen LogP contribution in [0.4, 0.5) is 0 Å². The fourth-order valence-corrected chi connectivity index (χ4v) is 1.80. The van der Waals surface area contributed by atoms with Crippen LogP contribution in [0, 0.1) is 5.92 Å². The third kappa shape index (κ3) is 7.99. The standard InChI is InChI=1S/C10H21NO2S2/c1-8(2)9(14)10(13)11-4-7-15-6-3-5-12/h8-9,12,14H,3-7H2,1-2H3,(H,11,13). The van der Waals surface area contributed by atoms with E-state index in [1.54, 1.807) is 11.8 Å². The van der Waals surface area contributed by atoms with Gasteiger partial charge in [0.2, 0.25) is 5.91 Å². The Morgan fingerprint density at radius 1 is 1.47 bits per heavy atom. The molecule has 0 aliphatic heterocycles. The zero-order valence-electron chi connectivity index (χ0n) is 9.40. The Kier molecular flexibility index (Phi) is 9.44. The van der Waals surface area contributed by atoms with Gasteiger partial charge < -0.3 is 10.4 Å². The van der Waals surface area contributed by atoms with E-state index in [-0.39, 0.29) is 23.7 Å². The third-order valence-corrected chi connectivity index (χ3v) is 3.79. The van der Waals surface area contributed by atoms with Crippen molar-refractivity contribution >= 4 is 30.3 Å². The number of thiol groups is 1. The Morgan fingerprint density at radius 2 is 2.13 bits per heavy atom. The molecule has 0 saturated heterocycles. The van der Waals surface area contributed by atoms with Crippen molar-refractivity contribution in [3.8, 4) is 0 Å². The summed E-state index contributed by atoms with van der Waals surface area (Å²) in [6, 6.07) is 0. The molecule has 0 aromatic heterocycles. The van der Waals surface area contributed by atoms with Gasteiger partial charge in [0.25, 0.3) is 0 Å². The summed E-state index contributed by atoms with van der Waals surface area (Å²) in [5, 5.41) is 11.2. The van der Waals surface area contributed by atoms with Crippen molar-refractivity contribution < 1.29 is 9.90 Å². The lowest BCUT2D eigenvalue weighted by Crippen LogP contribution is -2.35. The fraction of sp³-hybridized carbons (Fsp3) is 0.900. The quantitative estimate of drug-likeness (QED) is 0.448. The van der Waals surface area contributed by atoms with E-state index in [0.29, 0.717) is 6.54 Å². The number of carbonyl (C=O) groups is 1. The van der Waals surface area contributed by atoms with Gasteiger partial charge in [0.05, 0.1) is 5.25 Å². The topological polar surface area (TPSA) is 49.3 Å². The molecule has 3 nitrogen and oxygen atoms in total. The van der Waals surface area contributed by atoms with Crippen LogP contribution >= 0.6 is 24.4 Å². The van der Waals surface area contributed by atoms with E-state index in [0.717, 1.165) is 17.9 Å². The predicted octanol–water partition coefficient (Wildman–Crippen LogP) is 1.17. The molecule has 5 heteroatoms. The summed E-state index contributed by atoms with van der Waals surface area (Å²) in [5.41, 5.74) is 0. The molecule has 0 aliphatic carbocycles. The SMILES string of the molecule is CC(C)C(S)C(=O)NCCSCCCO. The third-order valence-electron chi connectivity index (χ3n) is 1.89. The van der Waals surface area contributed by atoms with Gasteiger partial charge in [-0.1, -0.05) is 13.8 Å². The van der Waals surface area contributed by atoms with E-state index < -0.39 is 0 Å². The molecule has 0 spiro atoms. The van der Waals surface area contributed by atoms with E-state index >= 15 is 0 Å². The largest absolute Gasteiger partial charge is 0.396 e. The molecule has 90 valence electrons. The molecule has 2 N–H and O–H groups in total. The van der Waals surface area contributed by atoms with Crippen molar-refractivity contribution in [3.63, 3.8) is 0 Å². The van der Waals surface area contributed by atoms with Crippen molar-refractivity contribution in [3.05, 3.63) is 0 Å². The highest BCUT2D eigenvalue weighted by atomic mass is 32.2. The average molecular weight is 251 g/mol. The molecule has 0 aliphatic rings. The van der Waals surface area contributed by atoms with Gasteiger partial charge in [-0.15, -0.1) is 0 Å². The number of nitrogens with one attached hydrogen (secondary N) is 1.